The Labute approximate surface area is 196 Å². The van der Waals surface area contributed by atoms with Crippen molar-refractivity contribution in [2.75, 3.05) is 11.9 Å². The van der Waals surface area contributed by atoms with Gasteiger partial charge in [0.1, 0.15) is 18.0 Å². The van der Waals surface area contributed by atoms with E-state index in [1.54, 1.807) is 4.40 Å². The molecule has 0 spiro atoms. The third kappa shape index (κ3) is 3.69. The molecule has 0 saturated carbocycles. The second-order valence-electron chi connectivity index (χ2n) is 9.38. The summed E-state index contributed by atoms with van der Waals surface area (Å²) in [6, 6.07) is 19.5. The van der Waals surface area contributed by atoms with Gasteiger partial charge in [0.2, 0.25) is 0 Å². The highest BCUT2D eigenvalue weighted by atomic mass is 19.1. The number of carbonyl (C=O) groups is 1. The van der Waals surface area contributed by atoms with E-state index in [0.29, 0.717) is 28.8 Å². The highest BCUT2D eigenvalue weighted by Crippen LogP contribution is 2.34. The van der Waals surface area contributed by atoms with Crippen LogP contribution in [0.1, 0.15) is 36.7 Å². The lowest BCUT2D eigenvalue weighted by atomic mass is 9.86. The van der Waals surface area contributed by atoms with Crippen LogP contribution < -0.4 is 4.90 Å². The van der Waals surface area contributed by atoms with Gasteiger partial charge in [0.05, 0.1) is 11.1 Å². The molecule has 0 amide bonds. The zero-order valence-corrected chi connectivity index (χ0v) is 19.5. The van der Waals surface area contributed by atoms with Gasteiger partial charge in [-0.2, -0.15) is 4.98 Å². The van der Waals surface area contributed by atoms with Gasteiger partial charge >= 0.3 is 0 Å². The van der Waals surface area contributed by atoms with Gasteiger partial charge in [-0.05, 0) is 46.4 Å². The van der Waals surface area contributed by atoms with E-state index in [1.165, 1.54) is 24.0 Å². The summed E-state index contributed by atoms with van der Waals surface area (Å²) in [4.78, 5) is 17.9. The molecule has 0 aliphatic rings. The van der Waals surface area contributed by atoms with Gasteiger partial charge in [-0.3, -0.25) is 9.20 Å². The predicted molar refractivity (Wildman–Crippen MR) is 132 cm³/mol. The molecular formula is C27H24FN5O. The fraction of sp³-hybridized carbons (Fsp3) is 0.185. The Morgan fingerprint density at radius 1 is 1.00 bits per heavy atom. The van der Waals surface area contributed by atoms with Crippen molar-refractivity contribution in [2.24, 2.45) is 0 Å². The number of fused-ring (bicyclic) bond motifs is 3. The normalized spacial score (nSPS) is 11.8. The minimum absolute atomic E-state index is 0.0250. The molecule has 2 heterocycles. The summed E-state index contributed by atoms with van der Waals surface area (Å²) in [7, 11) is 1.88. The number of aldehydes is 1. The van der Waals surface area contributed by atoms with Gasteiger partial charge in [-0.15, -0.1) is 10.2 Å². The Hall–Kier alpha value is -4.13. The SMILES string of the molecule is CN(c1cccc(-c2ccc(C(C)(C)C)cc2)c1)c1nc2nncn2c2cc(C=O)c(F)cc12. The maximum absolute atomic E-state index is 14.6. The zero-order valence-electron chi connectivity index (χ0n) is 19.5. The van der Waals surface area contributed by atoms with Crippen LogP contribution in [-0.4, -0.2) is 32.9 Å². The Kier molecular flexibility index (Phi) is 5.12. The van der Waals surface area contributed by atoms with Crippen molar-refractivity contribution in [3.05, 3.63) is 83.9 Å². The van der Waals surface area contributed by atoms with Crippen LogP contribution in [0.4, 0.5) is 15.9 Å². The van der Waals surface area contributed by atoms with Gasteiger partial charge in [-0.1, -0.05) is 57.2 Å². The van der Waals surface area contributed by atoms with E-state index >= 15 is 0 Å². The van der Waals surface area contributed by atoms with E-state index in [-0.39, 0.29) is 11.0 Å². The second kappa shape index (κ2) is 8.02. The summed E-state index contributed by atoms with van der Waals surface area (Å²) < 4.78 is 16.2. The van der Waals surface area contributed by atoms with Crippen LogP contribution in [0.25, 0.3) is 27.8 Å². The topological polar surface area (TPSA) is 63.4 Å². The fourth-order valence-electron chi connectivity index (χ4n) is 4.11. The van der Waals surface area contributed by atoms with Crippen LogP contribution in [0.15, 0.2) is 67.0 Å². The smallest absolute Gasteiger partial charge is 0.257 e. The van der Waals surface area contributed by atoms with Gasteiger partial charge in [0.15, 0.2) is 6.29 Å². The highest BCUT2D eigenvalue weighted by Gasteiger charge is 2.18. The molecule has 2 aromatic heterocycles. The van der Waals surface area contributed by atoms with E-state index in [1.807, 2.05) is 24.1 Å². The lowest BCUT2D eigenvalue weighted by Gasteiger charge is -2.22. The summed E-state index contributed by atoms with van der Waals surface area (Å²) in [5.74, 6) is 0.290. The third-order valence-corrected chi connectivity index (χ3v) is 6.11. The van der Waals surface area contributed by atoms with Crippen LogP contribution >= 0.6 is 0 Å². The average molecular weight is 454 g/mol. The molecule has 0 unspecified atom stereocenters. The summed E-state index contributed by atoms with van der Waals surface area (Å²) >= 11 is 0. The first-order chi connectivity index (χ1) is 16.3. The number of hydrogen-bond donors (Lipinski definition) is 0. The molecule has 0 N–H and O–H groups in total. The zero-order chi connectivity index (χ0) is 24.0. The van der Waals surface area contributed by atoms with Crippen molar-refractivity contribution in [1.29, 1.82) is 0 Å². The standard InChI is InChI=1S/C27H24FN5O/c1-27(2,3)20-10-8-17(9-11-20)18-6-5-7-21(12-18)32(4)25-22-14-23(28)19(15-34)13-24(22)33-16-29-31-26(33)30-25/h5-16H,1-4H3. The third-order valence-electron chi connectivity index (χ3n) is 6.11. The first-order valence-corrected chi connectivity index (χ1v) is 11.0. The molecule has 34 heavy (non-hydrogen) atoms. The molecule has 3 aromatic carbocycles. The van der Waals surface area contributed by atoms with Crippen LogP contribution in [0.2, 0.25) is 0 Å². The molecule has 0 aliphatic carbocycles. The molecule has 5 rings (SSSR count). The molecular weight excluding hydrogens is 429 g/mol. The minimum Gasteiger partial charge on any atom is -0.329 e. The Morgan fingerprint density at radius 2 is 1.76 bits per heavy atom. The minimum atomic E-state index is -0.598. The predicted octanol–water partition coefficient (Wildman–Crippen LogP) is 5.96. The molecule has 170 valence electrons. The van der Waals surface area contributed by atoms with E-state index in [9.17, 15) is 9.18 Å². The van der Waals surface area contributed by atoms with Crippen molar-refractivity contribution in [1.82, 2.24) is 19.6 Å². The maximum atomic E-state index is 14.6. The van der Waals surface area contributed by atoms with Crippen LogP contribution in [0.3, 0.4) is 0 Å². The number of carbonyl (C=O) groups excluding carboxylic acids is 1. The van der Waals surface area contributed by atoms with Crippen LogP contribution in [-0.2, 0) is 5.41 Å². The number of rotatable bonds is 4. The Bertz CT molecular complexity index is 1530. The van der Waals surface area contributed by atoms with Gasteiger partial charge in [0.25, 0.3) is 5.78 Å². The summed E-state index contributed by atoms with van der Waals surface area (Å²) in [5.41, 5.74) is 5.00. The molecule has 0 atom stereocenters. The summed E-state index contributed by atoms with van der Waals surface area (Å²) in [6.45, 7) is 6.59. The number of halogens is 1. The molecule has 7 heteroatoms. The van der Waals surface area contributed by atoms with Crippen molar-refractivity contribution >= 4 is 34.5 Å². The number of benzene rings is 3. The van der Waals surface area contributed by atoms with E-state index in [0.717, 1.165) is 16.8 Å². The molecule has 0 aliphatic heterocycles. The highest BCUT2D eigenvalue weighted by molar-refractivity contribution is 5.96. The van der Waals surface area contributed by atoms with Crippen LogP contribution in [0.5, 0.6) is 0 Å². The van der Waals surface area contributed by atoms with Gasteiger partial charge < -0.3 is 4.90 Å². The number of hydrogen-bond acceptors (Lipinski definition) is 5. The molecule has 5 aromatic rings. The van der Waals surface area contributed by atoms with Gasteiger partial charge in [-0.25, -0.2) is 4.39 Å². The molecule has 0 radical (unpaired) electrons. The second-order valence-corrected chi connectivity index (χ2v) is 9.38. The van der Waals surface area contributed by atoms with E-state index < -0.39 is 5.82 Å². The first kappa shape index (κ1) is 21.7. The number of anilines is 2. The lowest BCUT2D eigenvalue weighted by molar-refractivity contribution is 0.112. The molecule has 0 fully saturated rings. The van der Waals surface area contributed by atoms with E-state index in [4.69, 9.17) is 0 Å². The molecule has 0 bridgehead atoms. The maximum Gasteiger partial charge on any atom is 0.257 e. The van der Waals surface area contributed by atoms with Crippen LogP contribution in [0, 0.1) is 5.82 Å². The van der Waals surface area contributed by atoms with Crippen molar-refractivity contribution < 1.29 is 9.18 Å². The number of nitrogens with zero attached hydrogens (tertiary/aromatic N) is 5. The lowest BCUT2D eigenvalue weighted by Crippen LogP contribution is -2.13. The molecule has 0 saturated heterocycles. The Morgan fingerprint density at radius 3 is 2.47 bits per heavy atom. The van der Waals surface area contributed by atoms with E-state index in [2.05, 4.69) is 72.4 Å². The monoisotopic (exact) mass is 453 g/mol. The van der Waals surface area contributed by atoms with Gasteiger partial charge in [0, 0.05) is 18.1 Å². The summed E-state index contributed by atoms with van der Waals surface area (Å²) in [5, 5.41) is 8.55. The van der Waals surface area contributed by atoms with Crippen molar-refractivity contribution in [2.45, 2.75) is 26.2 Å². The fourth-order valence-corrected chi connectivity index (χ4v) is 4.11. The molecule has 6 nitrogen and oxygen atoms in total. The largest absolute Gasteiger partial charge is 0.329 e. The number of aromatic nitrogens is 4. The summed E-state index contributed by atoms with van der Waals surface area (Å²) in [6.07, 6.45) is 2.01. The van der Waals surface area contributed by atoms with Crippen molar-refractivity contribution in [3.63, 3.8) is 0 Å². The quantitative estimate of drug-likeness (QED) is 0.314. The van der Waals surface area contributed by atoms with Crippen molar-refractivity contribution in [3.8, 4) is 11.1 Å². The first-order valence-electron chi connectivity index (χ1n) is 11.0. The average Bonchev–Trinajstić information content (AvgIpc) is 3.31. The Balaban J connectivity index is 1.61.